The SMILES string of the molecule is C=C/C=C(\C=C)CNC(=O)C(C)C.[HH]. The summed E-state index contributed by atoms with van der Waals surface area (Å²) in [5.74, 6) is 0.0756. The largest absolute Gasteiger partial charge is 0.352 e. The zero-order valence-electron chi connectivity index (χ0n) is 8.34. The van der Waals surface area contributed by atoms with Gasteiger partial charge in [0, 0.05) is 13.9 Å². The molecule has 2 heteroatoms. The van der Waals surface area contributed by atoms with Gasteiger partial charge in [0.25, 0.3) is 0 Å². The summed E-state index contributed by atoms with van der Waals surface area (Å²) in [4.78, 5) is 11.2. The third kappa shape index (κ3) is 5.01. The molecule has 0 aromatic rings. The predicted molar refractivity (Wildman–Crippen MR) is 58.4 cm³/mol. The fourth-order valence-corrected chi connectivity index (χ4v) is 0.744. The highest BCUT2D eigenvalue weighted by molar-refractivity contribution is 5.78. The van der Waals surface area contributed by atoms with Crippen LogP contribution in [0.15, 0.2) is 37.0 Å². The van der Waals surface area contributed by atoms with E-state index in [9.17, 15) is 4.79 Å². The zero-order chi connectivity index (χ0) is 10.3. The van der Waals surface area contributed by atoms with Crippen LogP contribution in [0.3, 0.4) is 0 Å². The number of carbonyl (C=O) groups is 1. The lowest BCUT2D eigenvalue weighted by atomic mass is 10.2. The second-order valence-electron chi connectivity index (χ2n) is 3.05. The Morgan fingerprint density at radius 3 is 2.54 bits per heavy atom. The van der Waals surface area contributed by atoms with Crippen molar-refractivity contribution in [3.05, 3.63) is 37.0 Å². The maximum absolute atomic E-state index is 11.2. The van der Waals surface area contributed by atoms with Gasteiger partial charge < -0.3 is 5.32 Å². The number of rotatable bonds is 5. The van der Waals surface area contributed by atoms with Crippen LogP contribution in [0.2, 0.25) is 0 Å². The summed E-state index contributed by atoms with van der Waals surface area (Å²) in [7, 11) is 0. The Kier molecular flexibility index (Phi) is 5.60. The first kappa shape index (κ1) is 11.7. The van der Waals surface area contributed by atoms with Crippen molar-refractivity contribution in [3.63, 3.8) is 0 Å². The Hall–Kier alpha value is -1.31. The molecule has 2 nitrogen and oxygen atoms in total. The van der Waals surface area contributed by atoms with Crippen molar-refractivity contribution in [2.75, 3.05) is 6.54 Å². The van der Waals surface area contributed by atoms with Crippen LogP contribution in [-0.4, -0.2) is 12.5 Å². The van der Waals surface area contributed by atoms with Crippen molar-refractivity contribution in [1.82, 2.24) is 5.32 Å². The minimum absolute atomic E-state index is 0. The molecule has 0 spiro atoms. The normalized spacial score (nSPS) is 11.2. The quantitative estimate of drug-likeness (QED) is 0.648. The molecule has 0 unspecified atom stereocenters. The molecule has 0 fully saturated rings. The second-order valence-corrected chi connectivity index (χ2v) is 3.05. The molecular weight excluding hydrogens is 162 g/mol. The monoisotopic (exact) mass is 181 g/mol. The Labute approximate surface area is 81.5 Å². The van der Waals surface area contributed by atoms with Gasteiger partial charge in [0.15, 0.2) is 0 Å². The molecular formula is C11H19NO. The number of allylic oxidation sites excluding steroid dienone is 2. The standard InChI is InChI=1S/C11H17NO.H2/c1-5-7-10(6-2)8-12-11(13)9(3)4;/h5-7,9H,1-2,8H2,3-4H3,(H,12,13);1H/b10-7+;. The molecule has 13 heavy (non-hydrogen) atoms. The highest BCUT2D eigenvalue weighted by Gasteiger charge is 2.04. The lowest BCUT2D eigenvalue weighted by Gasteiger charge is -2.07. The van der Waals surface area contributed by atoms with Crippen LogP contribution in [-0.2, 0) is 4.79 Å². The molecule has 0 aliphatic rings. The van der Waals surface area contributed by atoms with E-state index in [4.69, 9.17) is 0 Å². The molecule has 0 aromatic heterocycles. The number of hydrogen-bond donors (Lipinski definition) is 1. The van der Waals surface area contributed by atoms with Crippen LogP contribution in [0.25, 0.3) is 0 Å². The van der Waals surface area contributed by atoms with Gasteiger partial charge in [-0.3, -0.25) is 4.79 Å². The van der Waals surface area contributed by atoms with Crippen LogP contribution in [0.4, 0.5) is 0 Å². The summed E-state index contributed by atoms with van der Waals surface area (Å²) >= 11 is 0. The van der Waals surface area contributed by atoms with Gasteiger partial charge in [-0.1, -0.05) is 45.2 Å². The van der Waals surface area contributed by atoms with E-state index in [0.29, 0.717) is 6.54 Å². The molecule has 0 bridgehead atoms. The topological polar surface area (TPSA) is 29.1 Å². The third-order valence-electron chi connectivity index (χ3n) is 1.59. The first-order valence-corrected chi connectivity index (χ1v) is 4.33. The Bertz CT molecular complexity index is 231. The lowest BCUT2D eigenvalue weighted by molar-refractivity contribution is -0.123. The fourth-order valence-electron chi connectivity index (χ4n) is 0.744. The van der Waals surface area contributed by atoms with E-state index in [2.05, 4.69) is 18.5 Å². The predicted octanol–water partition coefficient (Wildman–Crippen LogP) is 2.30. The van der Waals surface area contributed by atoms with E-state index < -0.39 is 0 Å². The van der Waals surface area contributed by atoms with E-state index in [1.165, 1.54) is 0 Å². The molecule has 0 saturated carbocycles. The minimum Gasteiger partial charge on any atom is -0.352 e. The minimum atomic E-state index is 0. The number of amides is 1. The van der Waals surface area contributed by atoms with E-state index in [-0.39, 0.29) is 13.3 Å². The molecule has 74 valence electrons. The molecule has 0 aliphatic heterocycles. The molecule has 0 rings (SSSR count). The van der Waals surface area contributed by atoms with E-state index in [1.54, 1.807) is 12.2 Å². The van der Waals surface area contributed by atoms with Gasteiger partial charge in [0.1, 0.15) is 0 Å². The molecule has 0 saturated heterocycles. The number of hydrogen-bond acceptors (Lipinski definition) is 1. The summed E-state index contributed by atoms with van der Waals surface area (Å²) in [6.07, 6.45) is 5.22. The summed E-state index contributed by atoms with van der Waals surface area (Å²) < 4.78 is 0. The Balaban J connectivity index is 0. The summed E-state index contributed by atoms with van der Waals surface area (Å²) in [6, 6.07) is 0. The van der Waals surface area contributed by atoms with Crippen molar-refractivity contribution in [2.45, 2.75) is 13.8 Å². The maximum atomic E-state index is 11.2. The Morgan fingerprint density at radius 2 is 2.15 bits per heavy atom. The van der Waals surface area contributed by atoms with Crippen molar-refractivity contribution >= 4 is 5.91 Å². The smallest absolute Gasteiger partial charge is 0.222 e. The highest BCUT2D eigenvalue weighted by atomic mass is 16.1. The van der Waals surface area contributed by atoms with Crippen molar-refractivity contribution in [2.24, 2.45) is 5.92 Å². The van der Waals surface area contributed by atoms with Crippen LogP contribution >= 0.6 is 0 Å². The molecule has 0 radical (unpaired) electrons. The van der Waals surface area contributed by atoms with Gasteiger partial charge in [-0.05, 0) is 5.57 Å². The molecule has 0 aliphatic carbocycles. The van der Waals surface area contributed by atoms with Crippen LogP contribution in [0.1, 0.15) is 15.3 Å². The van der Waals surface area contributed by atoms with Gasteiger partial charge in [-0.2, -0.15) is 0 Å². The van der Waals surface area contributed by atoms with Gasteiger partial charge in [-0.25, -0.2) is 0 Å². The second kappa shape index (κ2) is 6.23. The molecule has 0 atom stereocenters. The van der Waals surface area contributed by atoms with Gasteiger partial charge in [0.05, 0.1) is 0 Å². The average Bonchev–Trinajstić information content (AvgIpc) is 2.11. The van der Waals surface area contributed by atoms with E-state index >= 15 is 0 Å². The summed E-state index contributed by atoms with van der Waals surface area (Å²) in [6.45, 7) is 11.5. The average molecular weight is 181 g/mol. The van der Waals surface area contributed by atoms with Crippen molar-refractivity contribution in [1.29, 1.82) is 0 Å². The van der Waals surface area contributed by atoms with Crippen LogP contribution in [0.5, 0.6) is 0 Å². The van der Waals surface area contributed by atoms with Gasteiger partial charge in [-0.15, -0.1) is 0 Å². The van der Waals surface area contributed by atoms with E-state index in [1.807, 2.05) is 19.9 Å². The first-order chi connectivity index (χ1) is 6.11. The number of carbonyl (C=O) groups excluding carboxylic acids is 1. The first-order valence-electron chi connectivity index (χ1n) is 4.33. The molecule has 1 N–H and O–H groups in total. The number of nitrogens with one attached hydrogen (secondary N) is 1. The zero-order valence-corrected chi connectivity index (χ0v) is 8.34. The summed E-state index contributed by atoms with van der Waals surface area (Å²) in [5.41, 5.74) is 0.962. The molecule has 0 heterocycles. The third-order valence-corrected chi connectivity index (χ3v) is 1.59. The highest BCUT2D eigenvalue weighted by Crippen LogP contribution is 1.96. The van der Waals surface area contributed by atoms with Gasteiger partial charge >= 0.3 is 0 Å². The van der Waals surface area contributed by atoms with Crippen molar-refractivity contribution in [3.8, 4) is 0 Å². The fraction of sp³-hybridized carbons (Fsp3) is 0.364. The molecule has 0 aromatic carbocycles. The summed E-state index contributed by atoms with van der Waals surface area (Å²) in [5, 5.41) is 2.79. The van der Waals surface area contributed by atoms with Gasteiger partial charge in [0.2, 0.25) is 5.91 Å². The van der Waals surface area contributed by atoms with E-state index in [0.717, 1.165) is 5.57 Å². The van der Waals surface area contributed by atoms with Crippen LogP contribution < -0.4 is 5.32 Å². The molecule has 1 amide bonds. The lowest BCUT2D eigenvalue weighted by Crippen LogP contribution is -2.29. The van der Waals surface area contributed by atoms with Crippen molar-refractivity contribution < 1.29 is 6.22 Å². The van der Waals surface area contributed by atoms with Crippen LogP contribution in [0, 0.1) is 5.92 Å². The maximum Gasteiger partial charge on any atom is 0.222 e. The Morgan fingerprint density at radius 1 is 1.54 bits per heavy atom.